The molecule has 0 aliphatic rings. The van der Waals surface area contributed by atoms with Gasteiger partial charge in [0, 0.05) is 17.9 Å². The van der Waals surface area contributed by atoms with E-state index in [0.717, 1.165) is 21.9 Å². The minimum Gasteiger partial charge on any atom is -0.462 e. The Bertz CT molecular complexity index is 1470. The van der Waals surface area contributed by atoms with E-state index >= 15 is 0 Å². The van der Waals surface area contributed by atoms with Crippen LogP contribution >= 0.6 is 0 Å². The monoisotopic (exact) mass is 490 g/mol. The fourth-order valence-electron chi connectivity index (χ4n) is 4.26. The van der Waals surface area contributed by atoms with Crippen molar-refractivity contribution in [3.63, 3.8) is 0 Å². The van der Waals surface area contributed by atoms with E-state index in [-0.39, 0.29) is 24.6 Å². The minimum atomic E-state index is -3.85. The lowest BCUT2D eigenvalue weighted by Gasteiger charge is -2.23. The molecule has 3 aromatic carbocycles. The highest BCUT2D eigenvalue weighted by Crippen LogP contribution is 2.27. The molecule has 35 heavy (non-hydrogen) atoms. The number of esters is 1. The van der Waals surface area contributed by atoms with E-state index < -0.39 is 16.0 Å². The van der Waals surface area contributed by atoms with Crippen LogP contribution < -0.4 is 0 Å². The number of hydrogen-bond acceptors (Lipinski definition) is 4. The van der Waals surface area contributed by atoms with Gasteiger partial charge in [0.15, 0.2) is 0 Å². The first-order valence-corrected chi connectivity index (χ1v) is 13.0. The van der Waals surface area contributed by atoms with Gasteiger partial charge >= 0.3 is 5.97 Å². The molecule has 0 amide bonds. The second-order valence-electron chi connectivity index (χ2n) is 8.72. The molecule has 0 unspecified atom stereocenters. The van der Waals surface area contributed by atoms with Gasteiger partial charge in [-0.25, -0.2) is 13.2 Å². The van der Waals surface area contributed by atoms with Crippen LogP contribution in [-0.4, -0.2) is 30.3 Å². The van der Waals surface area contributed by atoms with Gasteiger partial charge in [-0.3, -0.25) is 0 Å². The van der Waals surface area contributed by atoms with E-state index in [1.54, 1.807) is 26.0 Å². The summed E-state index contributed by atoms with van der Waals surface area (Å²) in [5, 5.41) is 1.84. The molecule has 0 saturated carbocycles. The Morgan fingerprint density at radius 3 is 2.29 bits per heavy atom. The molecule has 0 radical (unpaired) electrons. The molecule has 0 fully saturated rings. The summed E-state index contributed by atoms with van der Waals surface area (Å²) in [5.74, 6) is -0.410. The van der Waals surface area contributed by atoms with Crippen molar-refractivity contribution >= 4 is 26.8 Å². The number of nitrogens with one attached hydrogen (secondary N) is 1. The van der Waals surface area contributed by atoms with Crippen LogP contribution in [0, 0.1) is 20.8 Å². The third-order valence-corrected chi connectivity index (χ3v) is 7.98. The molecule has 7 heteroatoms. The Morgan fingerprint density at radius 2 is 1.60 bits per heavy atom. The molecule has 182 valence electrons. The standard InChI is InChI=1S/C28H30N2O4S/c1-5-34-28(31)27-20(3)26(29-21(27)4)18-30(17-22-12-10-19(2)11-13-22)35(32,33)25-15-14-23-8-6-7-9-24(23)16-25/h6-16,29H,5,17-18H2,1-4H3. The average Bonchev–Trinajstić information content (AvgIpc) is 3.12. The number of carbonyl (C=O) groups is 1. The van der Waals surface area contributed by atoms with Crippen LogP contribution in [-0.2, 0) is 27.8 Å². The Hall–Kier alpha value is -3.42. The summed E-state index contributed by atoms with van der Waals surface area (Å²) in [5.41, 5.74) is 4.47. The average molecular weight is 491 g/mol. The number of aryl methyl sites for hydroxylation is 2. The topological polar surface area (TPSA) is 79.5 Å². The van der Waals surface area contributed by atoms with E-state index in [0.29, 0.717) is 22.5 Å². The SMILES string of the molecule is CCOC(=O)c1c(C)[nH]c(CN(Cc2ccc(C)cc2)S(=O)(=O)c2ccc3ccccc3c2)c1C. The molecule has 0 saturated heterocycles. The van der Waals surface area contributed by atoms with Crippen molar-refractivity contribution in [1.82, 2.24) is 9.29 Å². The van der Waals surface area contributed by atoms with Gasteiger partial charge in [0.05, 0.1) is 23.6 Å². The van der Waals surface area contributed by atoms with Crippen molar-refractivity contribution < 1.29 is 17.9 Å². The van der Waals surface area contributed by atoms with Crippen LogP contribution in [0.2, 0.25) is 0 Å². The largest absolute Gasteiger partial charge is 0.462 e. The molecule has 1 aromatic heterocycles. The number of ether oxygens (including phenoxy) is 1. The quantitative estimate of drug-likeness (QED) is 0.323. The van der Waals surface area contributed by atoms with Gasteiger partial charge in [-0.15, -0.1) is 0 Å². The summed E-state index contributed by atoms with van der Waals surface area (Å²) >= 11 is 0. The van der Waals surface area contributed by atoms with Gasteiger partial charge < -0.3 is 9.72 Å². The zero-order chi connectivity index (χ0) is 25.2. The lowest BCUT2D eigenvalue weighted by Crippen LogP contribution is -2.30. The maximum absolute atomic E-state index is 13.9. The highest BCUT2D eigenvalue weighted by molar-refractivity contribution is 7.89. The van der Waals surface area contributed by atoms with Gasteiger partial charge in [0.25, 0.3) is 0 Å². The Balaban J connectivity index is 1.76. The Morgan fingerprint density at radius 1 is 0.914 bits per heavy atom. The molecule has 1 heterocycles. The number of rotatable bonds is 8. The minimum absolute atomic E-state index is 0.0924. The molecule has 6 nitrogen and oxygen atoms in total. The number of hydrogen-bond donors (Lipinski definition) is 1. The zero-order valence-electron chi connectivity index (χ0n) is 20.5. The summed E-state index contributed by atoms with van der Waals surface area (Å²) in [7, 11) is -3.85. The summed E-state index contributed by atoms with van der Waals surface area (Å²) in [6, 6.07) is 20.7. The fraction of sp³-hybridized carbons (Fsp3) is 0.250. The van der Waals surface area contributed by atoms with Gasteiger partial charge in [-0.2, -0.15) is 4.31 Å². The van der Waals surface area contributed by atoms with Crippen LogP contribution in [0.1, 0.15) is 45.4 Å². The van der Waals surface area contributed by atoms with Gasteiger partial charge in [-0.1, -0.05) is 60.2 Å². The van der Waals surface area contributed by atoms with E-state index in [9.17, 15) is 13.2 Å². The zero-order valence-corrected chi connectivity index (χ0v) is 21.3. The highest BCUT2D eigenvalue weighted by Gasteiger charge is 2.28. The maximum atomic E-state index is 13.9. The van der Waals surface area contributed by atoms with E-state index in [1.807, 2.05) is 68.4 Å². The smallest absolute Gasteiger partial charge is 0.340 e. The number of aromatic nitrogens is 1. The molecule has 4 rings (SSSR count). The van der Waals surface area contributed by atoms with E-state index in [2.05, 4.69) is 4.98 Å². The van der Waals surface area contributed by atoms with Crippen molar-refractivity contribution in [3.05, 3.63) is 100 Å². The number of fused-ring (bicyclic) bond motifs is 1. The molecule has 4 aromatic rings. The fourth-order valence-corrected chi connectivity index (χ4v) is 5.69. The number of benzene rings is 3. The summed E-state index contributed by atoms with van der Waals surface area (Å²) in [6.45, 7) is 7.93. The molecule has 1 N–H and O–H groups in total. The molecule has 0 atom stereocenters. The highest BCUT2D eigenvalue weighted by atomic mass is 32.2. The third-order valence-electron chi connectivity index (χ3n) is 6.19. The van der Waals surface area contributed by atoms with Crippen LogP contribution in [0.4, 0.5) is 0 Å². The first-order chi connectivity index (χ1) is 16.7. The van der Waals surface area contributed by atoms with Crippen molar-refractivity contribution in [2.24, 2.45) is 0 Å². The summed E-state index contributed by atoms with van der Waals surface area (Å²) in [6.07, 6.45) is 0. The Kier molecular flexibility index (Phi) is 7.10. The molecule has 0 spiro atoms. The third kappa shape index (κ3) is 5.16. The first kappa shape index (κ1) is 24.7. The van der Waals surface area contributed by atoms with Crippen molar-refractivity contribution in [1.29, 1.82) is 0 Å². The Labute approximate surface area is 206 Å². The van der Waals surface area contributed by atoms with E-state index in [4.69, 9.17) is 4.74 Å². The van der Waals surface area contributed by atoms with E-state index in [1.165, 1.54) is 4.31 Å². The van der Waals surface area contributed by atoms with Gasteiger partial charge in [0.2, 0.25) is 10.0 Å². The molecule has 0 aliphatic heterocycles. The van der Waals surface area contributed by atoms with Gasteiger partial charge in [0.1, 0.15) is 0 Å². The predicted octanol–water partition coefficient (Wildman–Crippen LogP) is 5.66. The number of carbonyl (C=O) groups excluding carboxylic acids is 1. The van der Waals surface area contributed by atoms with Crippen LogP contribution in [0.15, 0.2) is 71.6 Å². The lowest BCUT2D eigenvalue weighted by molar-refractivity contribution is 0.0525. The molecule has 0 bridgehead atoms. The normalized spacial score (nSPS) is 11.8. The van der Waals surface area contributed by atoms with Crippen molar-refractivity contribution in [2.75, 3.05) is 6.61 Å². The van der Waals surface area contributed by atoms with Crippen LogP contribution in [0.5, 0.6) is 0 Å². The van der Waals surface area contributed by atoms with Crippen LogP contribution in [0.3, 0.4) is 0 Å². The predicted molar refractivity (Wildman–Crippen MR) is 138 cm³/mol. The second-order valence-corrected chi connectivity index (χ2v) is 10.7. The second kappa shape index (κ2) is 10.1. The summed E-state index contributed by atoms with van der Waals surface area (Å²) < 4.78 is 34.5. The van der Waals surface area contributed by atoms with Crippen LogP contribution in [0.25, 0.3) is 10.8 Å². The first-order valence-electron chi connectivity index (χ1n) is 11.6. The molecular weight excluding hydrogens is 460 g/mol. The number of aromatic amines is 1. The molecular formula is C28H30N2O4S. The molecule has 0 aliphatic carbocycles. The maximum Gasteiger partial charge on any atom is 0.340 e. The number of sulfonamides is 1. The van der Waals surface area contributed by atoms with Crippen molar-refractivity contribution in [3.8, 4) is 0 Å². The van der Waals surface area contributed by atoms with Gasteiger partial charge in [-0.05, 0) is 61.7 Å². The number of H-pyrrole nitrogens is 1. The van der Waals surface area contributed by atoms with Crippen molar-refractivity contribution in [2.45, 2.75) is 45.7 Å². The number of nitrogens with zero attached hydrogens (tertiary/aromatic N) is 1. The summed E-state index contributed by atoms with van der Waals surface area (Å²) in [4.78, 5) is 15.9. The lowest BCUT2D eigenvalue weighted by atomic mass is 10.1.